The average Bonchev–Trinajstić information content (AvgIpc) is 3.30. The van der Waals surface area contributed by atoms with Crippen LogP contribution < -0.4 is 4.90 Å². The van der Waals surface area contributed by atoms with E-state index in [0.717, 1.165) is 30.5 Å². The zero-order chi connectivity index (χ0) is 27.2. The maximum Gasteiger partial charge on any atom is 0.260 e. The third kappa shape index (κ3) is 6.48. The minimum absolute atomic E-state index is 0.00647. The van der Waals surface area contributed by atoms with Crippen molar-refractivity contribution in [3.8, 4) is 0 Å². The van der Waals surface area contributed by atoms with Gasteiger partial charge in [-0.05, 0) is 43.4 Å². The molecule has 37 heavy (non-hydrogen) atoms. The van der Waals surface area contributed by atoms with Crippen LogP contribution in [0.25, 0.3) is 10.2 Å². The van der Waals surface area contributed by atoms with Gasteiger partial charge in [0.2, 0.25) is 10.0 Å². The van der Waals surface area contributed by atoms with Crippen molar-refractivity contribution < 1.29 is 22.0 Å². The van der Waals surface area contributed by atoms with Gasteiger partial charge in [0.05, 0.1) is 9.60 Å². The Kier molecular flexibility index (Phi) is 9.66. The van der Waals surface area contributed by atoms with Gasteiger partial charge in [0.25, 0.3) is 5.91 Å². The van der Waals surface area contributed by atoms with Crippen LogP contribution in [0.4, 0.5) is 13.9 Å². The lowest BCUT2D eigenvalue weighted by molar-refractivity contribution is 0.0983. The lowest BCUT2D eigenvalue weighted by Crippen LogP contribution is -2.39. The number of carbonyl (C=O) groups is 1. The number of sulfonamides is 1. The SMILES string of the molecule is C=CCN(CC=C)S(=O)(=O)c1ccc(C(=O)N(CCN(CC)CC)c2nc3c(F)cc(F)cc3s2)cc1. The molecule has 3 rings (SSSR count). The van der Waals surface area contributed by atoms with Crippen LogP contribution in [0.2, 0.25) is 0 Å². The van der Waals surface area contributed by atoms with Crippen LogP contribution in [0.1, 0.15) is 24.2 Å². The van der Waals surface area contributed by atoms with Gasteiger partial charge < -0.3 is 4.90 Å². The zero-order valence-corrected chi connectivity index (χ0v) is 22.5. The van der Waals surface area contributed by atoms with Crippen LogP contribution in [0.5, 0.6) is 0 Å². The molecule has 11 heteroatoms. The predicted molar refractivity (Wildman–Crippen MR) is 145 cm³/mol. The maximum atomic E-state index is 14.3. The highest BCUT2D eigenvalue weighted by Crippen LogP contribution is 2.32. The molecule has 1 aromatic heterocycles. The van der Waals surface area contributed by atoms with Crippen LogP contribution in [0.3, 0.4) is 0 Å². The summed E-state index contributed by atoms with van der Waals surface area (Å²) in [5.74, 6) is -1.95. The van der Waals surface area contributed by atoms with Gasteiger partial charge in [0.15, 0.2) is 10.9 Å². The Hall–Kier alpha value is -2.99. The molecule has 0 unspecified atom stereocenters. The first-order chi connectivity index (χ1) is 17.7. The van der Waals surface area contributed by atoms with Gasteiger partial charge in [-0.25, -0.2) is 22.2 Å². The number of amides is 1. The lowest BCUT2D eigenvalue weighted by Gasteiger charge is -2.25. The standard InChI is InChI=1S/C26H30F2N4O3S2/c1-5-13-31(14-6-2)37(34,35)21-11-9-19(10-12-21)25(33)32(16-15-30(7-3)8-4)26-29-24-22(28)17-20(27)18-23(24)36-26/h5-6,9-12,17-18H,1-2,7-8,13-16H2,3-4H3. The first kappa shape index (κ1) is 28.6. The zero-order valence-electron chi connectivity index (χ0n) is 20.9. The Morgan fingerprint density at radius 2 is 1.65 bits per heavy atom. The van der Waals surface area contributed by atoms with E-state index in [2.05, 4.69) is 23.0 Å². The van der Waals surface area contributed by atoms with Crippen molar-refractivity contribution in [2.75, 3.05) is 44.2 Å². The number of nitrogens with zero attached hydrogens (tertiary/aromatic N) is 4. The fraction of sp³-hybridized carbons (Fsp3) is 0.308. The van der Waals surface area contributed by atoms with E-state index in [4.69, 9.17) is 0 Å². The molecule has 0 spiro atoms. The summed E-state index contributed by atoms with van der Waals surface area (Å²) < 4.78 is 55.6. The molecule has 0 aliphatic rings. The summed E-state index contributed by atoms with van der Waals surface area (Å²) in [7, 11) is -3.82. The topological polar surface area (TPSA) is 73.8 Å². The predicted octanol–water partition coefficient (Wildman–Crippen LogP) is 4.93. The van der Waals surface area contributed by atoms with Gasteiger partial charge in [-0.2, -0.15) is 4.31 Å². The Bertz CT molecular complexity index is 1360. The van der Waals surface area contributed by atoms with E-state index >= 15 is 0 Å². The number of fused-ring (bicyclic) bond motifs is 1. The fourth-order valence-corrected chi connectivity index (χ4v) is 6.17. The van der Waals surface area contributed by atoms with E-state index in [1.807, 2.05) is 13.8 Å². The van der Waals surface area contributed by atoms with Gasteiger partial charge in [-0.15, -0.1) is 13.2 Å². The Morgan fingerprint density at radius 3 is 2.22 bits per heavy atom. The van der Waals surface area contributed by atoms with Crippen molar-refractivity contribution in [3.63, 3.8) is 0 Å². The molecule has 2 aromatic carbocycles. The smallest absolute Gasteiger partial charge is 0.260 e. The van der Waals surface area contributed by atoms with E-state index in [1.165, 1.54) is 51.7 Å². The normalized spacial score (nSPS) is 11.8. The molecule has 0 saturated carbocycles. The minimum Gasteiger partial charge on any atom is -0.302 e. The summed E-state index contributed by atoms with van der Waals surface area (Å²) in [5.41, 5.74) is 0.233. The third-order valence-electron chi connectivity index (χ3n) is 5.82. The van der Waals surface area contributed by atoms with E-state index in [1.54, 1.807) is 0 Å². The summed E-state index contributed by atoms with van der Waals surface area (Å²) in [6.45, 7) is 13.8. The van der Waals surface area contributed by atoms with Crippen molar-refractivity contribution >= 4 is 42.6 Å². The van der Waals surface area contributed by atoms with Gasteiger partial charge in [-0.1, -0.05) is 37.3 Å². The van der Waals surface area contributed by atoms with Gasteiger partial charge in [0.1, 0.15) is 11.3 Å². The number of likely N-dealkylation sites (N-methyl/N-ethyl adjacent to an activating group) is 1. The summed E-state index contributed by atoms with van der Waals surface area (Å²) in [6, 6.07) is 7.56. The highest BCUT2D eigenvalue weighted by molar-refractivity contribution is 7.89. The quantitative estimate of drug-likeness (QED) is 0.283. The molecule has 198 valence electrons. The molecule has 0 aliphatic heterocycles. The molecule has 0 saturated heterocycles. The lowest BCUT2D eigenvalue weighted by atomic mass is 10.2. The van der Waals surface area contributed by atoms with Crippen molar-refractivity contribution in [2.45, 2.75) is 18.7 Å². The minimum atomic E-state index is -3.82. The second kappa shape index (κ2) is 12.5. The summed E-state index contributed by atoms with van der Waals surface area (Å²) in [6.07, 6.45) is 2.97. The van der Waals surface area contributed by atoms with Crippen LogP contribution in [-0.2, 0) is 10.0 Å². The second-order valence-corrected chi connectivity index (χ2v) is 11.1. The molecule has 0 radical (unpaired) electrons. The Morgan fingerprint density at radius 1 is 1.03 bits per heavy atom. The maximum absolute atomic E-state index is 14.3. The van der Waals surface area contributed by atoms with Gasteiger partial charge in [-0.3, -0.25) is 9.69 Å². The van der Waals surface area contributed by atoms with E-state index < -0.39 is 27.6 Å². The molecule has 7 nitrogen and oxygen atoms in total. The molecule has 0 aliphatic carbocycles. The summed E-state index contributed by atoms with van der Waals surface area (Å²) >= 11 is 1.02. The van der Waals surface area contributed by atoms with Crippen molar-refractivity contribution in [1.82, 2.24) is 14.2 Å². The first-order valence-electron chi connectivity index (χ1n) is 11.8. The second-order valence-electron chi connectivity index (χ2n) is 8.14. The highest BCUT2D eigenvalue weighted by Gasteiger charge is 2.26. The van der Waals surface area contributed by atoms with Crippen molar-refractivity contribution in [3.05, 3.63) is 78.9 Å². The van der Waals surface area contributed by atoms with Crippen LogP contribution in [0.15, 0.2) is 66.6 Å². The number of halogens is 2. The fourth-order valence-electron chi connectivity index (χ4n) is 3.76. The first-order valence-corrected chi connectivity index (χ1v) is 14.0. The number of aromatic nitrogens is 1. The van der Waals surface area contributed by atoms with Gasteiger partial charge in [0, 0.05) is 37.8 Å². The van der Waals surface area contributed by atoms with Crippen molar-refractivity contribution in [1.29, 1.82) is 0 Å². The number of thiazole rings is 1. The van der Waals surface area contributed by atoms with Crippen LogP contribution in [-0.4, -0.2) is 67.8 Å². The van der Waals surface area contributed by atoms with Crippen molar-refractivity contribution in [2.24, 2.45) is 0 Å². The molecule has 1 heterocycles. The number of anilines is 1. The molecule has 0 atom stereocenters. The largest absolute Gasteiger partial charge is 0.302 e. The Balaban J connectivity index is 1.97. The molecule has 0 fully saturated rings. The number of benzene rings is 2. The number of rotatable bonds is 13. The summed E-state index contributed by atoms with van der Waals surface area (Å²) in [5, 5.41) is 0.233. The van der Waals surface area contributed by atoms with Crippen LogP contribution >= 0.6 is 11.3 Å². The van der Waals surface area contributed by atoms with E-state index in [-0.39, 0.29) is 40.7 Å². The molecule has 0 N–H and O–H groups in total. The number of hydrogen-bond donors (Lipinski definition) is 0. The van der Waals surface area contributed by atoms with Crippen LogP contribution in [0, 0.1) is 11.6 Å². The van der Waals surface area contributed by atoms with E-state index in [0.29, 0.717) is 11.2 Å². The highest BCUT2D eigenvalue weighted by atomic mass is 32.2. The number of hydrogen-bond acceptors (Lipinski definition) is 6. The van der Waals surface area contributed by atoms with Gasteiger partial charge >= 0.3 is 0 Å². The third-order valence-corrected chi connectivity index (χ3v) is 8.69. The molecule has 0 bridgehead atoms. The molecular formula is C26H30F2N4O3S2. The molecule has 1 amide bonds. The summed E-state index contributed by atoms with van der Waals surface area (Å²) in [4.78, 5) is 21.4. The Labute approximate surface area is 220 Å². The van der Waals surface area contributed by atoms with E-state index in [9.17, 15) is 22.0 Å². The monoisotopic (exact) mass is 548 g/mol. The molecular weight excluding hydrogens is 518 g/mol. The molecule has 3 aromatic rings. The number of carbonyl (C=O) groups excluding carboxylic acids is 1. The average molecular weight is 549 g/mol.